The summed E-state index contributed by atoms with van der Waals surface area (Å²) in [4.78, 5) is 40.5. The lowest BCUT2D eigenvalue weighted by Crippen LogP contribution is -2.45. The van der Waals surface area contributed by atoms with E-state index in [1.165, 1.54) is 6.26 Å². The zero-order valence-electron chi connectivity index (χ0n) is 18.3. The quantitative estimate of drug-likeness (QED) is 0.646. The Kier molecular flexibility index (Phi) is 8.68. The third-order valence-corrected chi connectivity index (χ3v) is 5.35. The van der Waals surface area contributed by atoms with Crippen LogP contribution in [0.3, 0.4) is 0 Å². The summed E-state index contributed by atoms with van der Waals surface area (Å²) in [5.74, 6) is 1.15. The first-order valence-corrected chi connectivity index (χ1v) is 10.8. The van der Waals surface area contributed by atoms with E-state index < -0.39 is 6.03 Å². The molecule has 0 spiro atoms. The standard InChI is InChI=1S/C23H30N4O5/c1-31-19-8-5-18(6-9-19)7-10-22(29)27-12-3-11-26(13-14-27)17-21(28)25-23(30)24-16-20-4-2-15-32-20/h2,4-6,8-9,15H,3,7,10-14,16-17H2,1H3,(H2,24,25,28,30). The average Bonchev–Trinajstić information content (AvgIpc) is 3.21. The van der Waals surface area contributed by atoms with Gasteiger partial charge >= 0.3 is 6.03 Å². The molecule has 1 aromatic heterocycles. The molecule has 9 nitrogen and oxygen atoms in total. The van der Waals surface area contributed by atoms with Crippen LogP contribution in [0.25, 0.3) is 0 Å². The Hall–Kier alpha value is -3.33. The minimum absolute atomic E-state index is 0.113. The normalized spacial score (nSPS) is 14.5. The fourth-order valence-electron chi connectivity index (χ4n) is 3.57. The summed E-state index contributed by atoms with van der Waals surface area (Å²) >= 11 is 0. The number of hydrogen-bond acceptors (Lipinski definition) is 6. The van der Waals surface area contributed by atoms with Gasteiger partial charge in [0.15, 0.2) is 0 Å². The van der Waals surface area contributed by atoms with Crippen LogP contribution >= 0.6 is 0 Å². The van der Waals surface area contributed by atoms with Crippen molar-refractivity contribution >= 4 is 17.8 Å². The van der Waals surface area contributed by atoms with Gasteiger partial charge in [-0.05, 0) is 42.7 Å². The number of hydrogen-bond donors (Lipinski definition) is 2. The van der Waals surface area contributed by atoms with Gasteiger partial charge < -0.3 is 19.4 Å². The number of nitrogens with one attached hydrogen (secondary N) is 2. The number of carbonyl (C=O) groups is 3. The van der Waals surface area contributed by atoms with Gasteiger partial charge in [-0.2, -0.15) is 0 Å². The molecule has 1 aliphatic rings. The Morgan fingerprint density at radius 3 is 2.59 bits per heavy atom. The monoisotopic (exact) mass is 442 g/mol. The lowest BCUT2D eigenvalue weighted by molar-refractivity contribution is -0.131. The number of furan rings is 1. The molecular formula is C23H30N4O5. The Morgan fingerprint density at radius 1 is 1.06 bits per heavy atom. The van der Waals surface area contributed by atoms with Crippen LogP contribution in [0.15, 0.2) is 47.1 Å². The van der Waals surface area contributed by atoms with Crippen molar-refractivity contribution in [2.75, 3.05) is 39.8 Å². The van der Waals surface area contributed by atoms with Crippen LogP contribution in [0.4, 0.5) is 4.79 Å². The molecule has 1 saturated heterocycles. The Balaban J connectivity index is 1.36. The van der Waals surface area contributed by atoms with Crippen molar-refractivity contribution < 1.29 is 23.5 Å². The molecule has 0 bridgehead atoms. The maximum absolute atomic E-state index is 12.6. The van der Waals surface area contributed by atoms with E-state index in [0.29, 0.717) is 44.8 Å². The van der Waals surface area contributed by atoms with Crippen LogP contribution in [0.5, 0.6) is 5.75 Å². The van der Waals surface area contributed by atoms with Crippen molar-refractivity contribution in [2.45, 2.75) is 25.8 Å². The van der Waals surface area contributed by atoms with E-state index in [0.717, 1.165) is 17.7 Å². The van der Waals surface area contributed by atoms with Gasteiger partial charge in [0.1, 0.15) is 11.5 Å². The van der Waals surface area contributed by atoms with Crippen LogP contribution in [-0.4, -0.2) is 67.5 Å². The maximum atomic E-state index is 12.6. The number of nitrogens with zero attached hydrogens (tertiary/aromatic N) is 2. The second-order valence-electron chi connectivity index (χ2n) is 7.67. The highest BCUT2D eigenvalue weighted by Gasteiger charge is 2.21. The molecule has 1 aromatic carbocycles. The molecule has 32 heavy (non-hydrogen) atoms. The lowest BCUT2D eigenvalue weighted by atomic mass is 10.1. The predicted octanol–water partition coefficient (Wildman–Crippen LogP) is 1.78. The van der Waals surface area contributed by atoms with Crippen LogP contribution in [0, 0.1) is 0 Å². The smallest absolute Gasteiger partial charge is 0.321 e. The second kappa shape index (κ2) is 11.9. The predicted molar refractivity (Wildman–Crippen MR) is 118 cm³/mol. The van der Waals surface area contributed by atoms with Crippen molar-refractivity contribution in [1.82, 2.24) is 20.4 Å². The molecule has 0 aliphatic carbocycles. The number of amides is 4. The zero-order valence-corrected chi connectivity index (χ0v) is 18.3. The summed E-state index contributed by atoms with van der Waals surface area (Å²) in [5, 5.41) is 4.91. The number of methoxy groups -OCH3 is 1. The first kappa shape index (κ1) is 23.3. The molecule has 1 fully saturated rings. The summed E-state index contributed by atoms with van der Waals surface area (Å²) in [6.45, 7) is 2.85. The number of carbonyl (C=O) groups excluding carboxylic acids is 3. The van der Waals surface area contributed by atoms with Gasteiger partial charge in [-0.1, -0.05) is 12.1 Å². The summed E-state index contributed by atoms with van der Waals surface area (Å²) in [7, 11) is 1.63. The highest BCUT2D eigenvalue weighted by Crippen LogP contribution is 2.13. The Morgan fingerprint density at radius 2 is 1.88 bits per heavy atom. The van der Waals surface area contributed by atoms with Crippen LogP contribution in [0.1, 0.15) is 24.2 Å². The molecule has 0 saturated carbocycles. The topological polar surface area (TPSA) is 104 Å². The van der Waals surface area contributed by atoms with E-state index in [1.54, 1.807) is 19.2 Å². The van der Waals surface area contributed by atoms with Crippen LogP contribution in [-0.2, 0) is 22.6 Å². The van der Waals surface area contributed by atoms with Gasteiger partial charge in [0, 0.05) is 32.6 Å². The molecule has 9 heteroatoms. The molecule has 2 aromatic rings. The molecule has 0 unspecified atom stereocenters. The third kappa shape index (κ3) is 7.42. The van der Waals surface area contributed by atoms with Crippen molar-refractivity contribution in [2.24, 2.45) is 0 Å². The largest absolute Gasteiger partial charge is 0.497 e. The molecular weight excluding hydrogens is 412 g/mol. The fraction of sp³-hybridized carbons (Fsp3) is 0.435. The van der Waals surface area contributed by atoms with Gasteiger partial charge in [-0.15, -0.1) is 0 Å². The van der Waals surface area contributed by atoms with E-state index in [9.17, 15) is 14.4 Å². The highest BCUT2D eigenvalue weighted by atomic mass is 16.5. The van der Waals surface area contributed by atoms with Crippen molar-refractivity contribution in [1.29, 1.82) is 0 Å². The summed E-state index contributed by atoms with van der Waals surface area (Å²) in [6, 6.07) is 10.6. The first-order valence-electron chi connectivity index (χ1n) is 10.8. The Bertz CT molecular complexity index is 882. The molecule has 3 rings (SSSR count). The molecule has 0 atom stereocenters. The maximum Gasteiger partial charge on any atom is 0.321 e. The number of rotatable bonds is 8. The van der Waals surface area contributed by atoms with Gasteiger partial charge in [-0.3, -0.25) is 19.8 Å². The van der Waals surface area contributed by atoms with Crippen LogP contribution < -0.4 is 15.4 Å². The minimum Gasteiger partial charge on any atom is -0.497 e. The number of benzene rings is 1. The number of ether oxygens (including phenoxy) is 1. The SMILES string of the molecule is COc1ccc(CCC(=O)N2CCCN(CC(=O)NC(=O)NCc3ccco3)CC2)cc1. The number of imide groups is 1. The summed E-state index contributed by atoms with van der Waals surface area (Å²) < 4.78 is 10.3. The van der Waals surface area contributed by atoms with Crippen molar-refractivity contribution in [3.8, 4) is 5.75 Å². The minimum atomic E-state index is -0.559. The Labute approximate surface area is 187 Å². The second-order valence-corrected chi connectivity index (χ2v) is 7.67. The highest BCUT2D eigenvalue weighted by molar-refractivity contribution is 5.95. The van der Waals surface area contributed by atoms with Gasteiger partial charge in [0.25, 0.3) is 0 Å². The molecule has 1 aliphatic heterocycles. The van der Waals surface area contributed by atoms with Crippen molar-refractivity contribution in [3.63, 3.8) is 0 Å². The van der Waals surface area contributed by atoms with E-state index >= 15 is 0 Å². The third-order valence-electron chi connectivity index (χ3n) is 5.35. The molecule has 4 amide bonds. The zero-order chi connectivity index (χ0) is 22.8. The molecule has 172 valence electrons. The fourth-order valence-corrected chi connectivity index (χ4v) is 3.57. The first-order chi connectivity index (χ1) is 15.5. The number of urea groups is 1. The van der Waals surface area contributed by atoms with E-state index in [-0.39, 0.29) is 24.9 Å². The summed E-state index contributed by atoms with van der Waals surface area (Å²) in [6.07, 6.45) is 3.43. The van der Waals surface area contributed by atoms with E-state index in [4.69, 9.17) is 9.15 Å². The van der Waals surface area contributed by atoms with Gasteiger partial charge in [0.2, 0.25) is 11.8 Å². The average molecular weight is 443 g/mol. The number of aryl methyl sites for hydroxylation is 1. The van der Waals surface area contributed by atoms with Gasteiger partial charge in [0.05, 0.1) is 26.5 Å². The lowest BCUT2D eigenvalue weighted by Gasteiger charge is -2.21. The van der Waals surface area contributed by atoms with Crippen LogP contribution in [0.2, 0.25) is 0 Å². The summed E-state index contributed by atoms with van der Waals surface area (Å²) in [5.41, 5.74) is 1.09. The van der Waals surface area contributed by atoms with E-state index in [1.807, 2.05) is 34.1 Å². The van der Waals surface area contributed by atoms with Gasteiger partial charge in [-0.25, -0.2) is 4.79 Å². The molecule has 0 radical (unpaired) electrons. The van der Waals surface area contributed by atoms with Crippen molar-refractivity contribution in [3.05, 3.63) is 54.0 Å². The molecule has 2 heterocycles. The van der Waals surface area contributed by atoms with E-state index in [2.05, 4.69) is 10.6 Å². The molecule has 2 N–H and O–H groups in total.